The van der Waals surface area contributed by atoms with Gasteiger partial charge in [0.2, 0.25) is 0 Å². The van der Waals surface area contributed by atoms with E-state index in [1.807, 2.05) is 18.5 Å². The summed E-state index contributed by atoms with van der Waals surface area (Å²) in [4.78, 5) is 15.1. The molecule has 1 aromatic rings. The largest absolute Gasteiger partial charge is 0.322 e. The van der Waals surface area contributed by atoms with E-state index in [2.05, 4.69) is 49.9 Å². The first kappa shape index (κ1) is 18.8. The number of urea groups is 1. The van der Waals surface area contributed by atoms with Gasteiger partial charge in [0.05, 0.1) is 17.1 Å². The van der Waals surface area contributed by atoms with Crippen LogP contribution in [0.5, 0.6) is 0 Å². The molecule has 0 radical (unpaired) electrons. The molecule has 0 spiro atoms. The van der Waals surface area contributed by atoms with Crippen LogP contribution in [0.4, 0.5) is 10.5 Å². The molecule has 0 saturated carbocycles. The van der Waals surface area contributed by atoms with Gasteiger partial charge in [-0.15, -0.1) is 0 Å². The van der Waals surface area contributed by atoms with E-state index < -0.39 is 0 Å². The lowest BCUT2D eigenvalue weighted by atomic mass is 9.95. The van der Waals surface area contributed by atoms with Gasteiger partial charge in [-0.25, -0.2) is 4.79 Å². The van der Waals surface area contributed by atoms with Crippen LogP contribution in [0.1, 0.15) is 71.3 Å². The topological polar surface area (TPSA) is 50.2 Å². The molecule has 5 nitrogen and oxygen atoms in total. The highest BCUT2D eigenvalue weighted by molar-refractivity contribution is 5.90. The van der Waals surface area contributed by atoms with Gasteiger partial charge < -0.3 is 10.2 Å². The molecule has 2 rings (SSSR count). The highest BCUT2D eigenvalue weighted by Crippen LogP contribution is 2.28. The first-order valence-corrected chi connectivity index (χ1v) is 9.35. The highest BCUT2D eigenvalue weighted by atomic mass is 16.2. The molecule has 0 aromatic carbocycles. The lowest BCUT2D eigenvalue weighted by Gasteiger charge is -2.33. The summed E-state index contributed by atoms with van der Waals surface area (Å²) in [7, 11) is 0. The summed E-state index contributed by atoms with van der Waals surface area (Å²) in [5.74, 6) is 1.16. The summed E-state index contributed by atoms with van der Waals surface area (Å²) in [5.41, 5.74) is 2.78. The van der Waals surface area contributed by atoms with E-state index >= 15 is 0 Å². The van der Waals surface area contributed by atoms with Crippen molar-refractivity contribution in [1.29, 1.82) is 0 Å². The lowest BCUT2D eigenvalue weighted by Crippen LogP contribution is -2.45. The van der Waals surface area contributed by atoms with Crippen LogP contribution < -0.4 is 5.32 Å². The van der Waals surface area contributed by atoms with Crippen molar-refractivity contribution in [1.82, 2.24) is 14.7 Å². The standard InChI is InChI=1S/C19H34N4O/c1-12(2)17-9-8-14(5)10-11-22(17)19(24)20-18-15(6)21-23(13(3)4)16(18)7/h12-14,17H,8-11H2,1-7H3,(H,20,24)/t14-,17+/m0/s1. The van der Waals surface area contributed by atoms with E-state index in [0.717, 1.165) is 36.5 Å². The zero-order chi connectivity index (χ0) is 18.0. The number of anilines is 1. The number of hydrogen-bond donors (Lipinski definition) is 1. The fraction of sp³-hybridized carbons (Fsp3) is 0.789. The Labute approximate surface area is 146 Å². The molecule has 0 bridgehead atoms. The Hall–Kier alpha value is -1.52. The third-order valence-corrected chi connectivity index (χ3v) is 5.29. The van der Waals surface area contributed by atoms with Crippen LogP contribution in [0.3, 0.4) is 0 Å². The molecule has 5 heteroatoms. The molecule has 1 saturated heterocycles. The second-order valence-corrected chi connectivity index (χ2v) is 7.99. The molecule has 24 heavy (non-hydrogen) atoms. The molecule has 2 amide bonds. The Balaban J connectivity index is 2.21. The van der Waals surface area contributed by atoms with E-state index in [1.54, 1.807) is 0 Å². The second kappa shape index (κ2) is 7.58. The van der Waals surface area contributed by atoms with Crippen molar-refractivity contribution in [2.75, 3.05) is 11.9 Å². The zero-order valence-electron chi connectivity index (χ0n) is 16.4. The Kier molecular flexibility index (Phi) is 5.94. The quantitative estimate of drug-likeness (QED) is 0.866. The molecule has 1 fully saturated rings. The van der Waals surface area contributed by atoms with Crippen LogP contribution in [0.2, 0.25) is 0 Å². The van der Waals surface area contributed by atoms with E-state index in [1.165, 1.54) is 6.42 Å². The van der Waals surface area contributed by atoms with Gasteiger partial charge in [-0.05, 0) is 58.8 Å². The van der Waals surface area contributed by atoms with Crippen LogP contribution in [0.25, 0.3) is 0 Å². The number of nitrogens with zero attached hydrogens (tertiary/aromatic N) is 3. The minimum absolute atomic E-state index is 0.0253. The summed E-state index contributed by atoms with van der Waals surface area (Å²) >= 11 is 0. The molecule has 0 aliphatic carbocycles. The first-order chi connectivity index (χ1) is 11.2. The summed E-state index contributed by atoms with van der Waals surface area (Å²) in [6.07, 6.45) is 3.38. The minimum Gasteiger partial charge on any atom is -0.321 e. The average Bonchev–Trinajstić information content (AvgIpc) is 2.68. The van der Waals surface area contributed by atoms with Crippen LogP contribution in [0.15, 0.2) is 0 Å². The maximum absolute atomic E-state index is 13.0. The van der Waals surface area contributed by atoms with Gasteiger partial charge in [-0.1, -0.05) is 20.8 Å². The normalized spacial score (nSPS) is 22.1. The minimum atomic E-state index is 0.0253. The first-order valence-electron chi connectivity index (χ1n) is 9.35. The van der Waals surface area contributed by atoms with Crippen molar-refractivity contribution in [2.24, 2.45) is 11.8 Å². The van der Waals surface area contributed by atoms with Crippen LogP contribution in [-0.2, 0) is 0 Å². The van der Waals surface area contributed by atoms with Crippen LogP contribution in [-0.4, -0.2) is 33.3 Å². The van der Waals surface area contributed by atoms with Crippen molar-refractivity contribution >= 4 is 11.7 Å². The molecule has 2 heterocycles. The Bertz CT molecular complexity index is 576. The van der Waals surface area contributed by atoms with Gasteiger partial charge in [0.15, 0.2) is 0 Å². The molecule has 2 atom stereocenters. The number of rotatable bonds is 3. The van der Waals surface area contributed by atoms with Crippen molar-refractivity contribution in [3.8, 4) is 0 Å². The monoisotopic (exact) mass is 334 g/mol. The number of carbonyl (C=O) groups is 1. The van der Waals surface area contributed by atoms with E-state index in [-0.39, 0.29) is 12.1 Å². The number of amides is 2. The smallest absolute Gasteiger partial charge is 0.321 e. The molecule has 136 valence electrons. The molecule has 1 aliphatic heterocycles. The highest BCUT2D eigenvalue weighted by Gasteiger charge is 2.30. The van der Waals surface area contributed by atoms with E-state index in [9.17, 15) is 4.79 Å². The lowest BCUT2D eigenvalue weighted by molar-refractivity contribution is 0.168. The van der Waals surface area contributed by atoms with Crippen LogP contribution in [0, 0.1) is 25.7 Å². The number of aromatic nitrogens is 2. The van der Waals surface area contributed by atoms with Crippen molar-refractivity contribution < 1.29 is 4.79 Å². The maximum atomic E-state index is 13.0. The summed E-state index contributed by atoms with van der Waals surface area (Å²) in [6.45, 7) is 15.8. The zero-order valence-corrected chi connectivity index (χ0v) is 16.4. The van der Waals surface area contributed by atoms with Crippen LogP contribution >= 0.6 is 0 Å². The molecule has 1 N–H and O–H groups in total. The summed E-state index contributed by atoms with van der Waals surface area (Å²) < 4.78 is 1.98. The number of hydrogen-bond acceptors (Lipinski definition) is 2. The Morgan fingerprint density at radius 3 is 2.38 bits per heavy atom. The molecular weight excluding hydrogens is 300 g/mol. The molecule has 1 aliphatic rings. The van der Waals surface area contributed by atoms with E-state index in [0.29, 0.717) is 17.9 Å². The predicted molar refractivity (Wildman–Crippen MR) is 99.5 cm³/mol. The third kappa shape index (κ3) is 3.93. The van der Waals surface area contributed by atoms with Gasteiger partial charge in [0.25, 0.3) is 0 Å². The average molecular weight is 335 g/mol. The second-order valence-electron chi connectivity index (χ2n) is 7.99. The number of nitrogens with one attached hydrogen (secondary N) is 1. The molecule has 1 aromatic heterocycles. The maximum Gasteiger partial charge on any atom is 0.322 e. The molecular formula is C19H34N4O. The Morgan fingerprint density at radius 1 is 1.17 bits per heavy atom. The fourth-order valence-corrected chi connectivity index (χ4v) is 3.75. The summed E-state index contributed by atoms with van der Waals surface area (Å²) in [6, 6.07) is 0.629. The number of aryl methyl sites for hydroxylation is 1. The Morgan fingerprint density at radius 2 is 1.83 bits per heavy atom. The van der Waals surface area contributed by atoms with Gasteiger partial charge in [-0.3, -0.25) is 4.68 Å². The molecule has 0 unspecified atom stereocenters. The van der Waals surface area contributed by atoms with Gasteiger partial charge in [-0.2, -0.15) is 5.10 Å². The predicted octanol–water partition coefficient (Wildman–Crippen LogP) is 4.76. The fourth-order valence-electron chi connectivity index (χ4n) is 3.75. The van der Waals surface area contributed by atoms with Crippen molar-refractivity contribution in [2.45, 2.75) is 79.8 Å². The number of carbonyl (C=O) groups excluding carboxylic acids is 1. The van der Waals surface area contributed by atoms with Crippen molar-refractivity contribution in [3.63, 3.8) is 0 Å². The van der Waals surface area contributed by atoms with E-state index in [4.69, 9.17) is 0 Å². The third-order valence-electron chi connectivity index (χ3n) is 5.29. The van der Waals surface area contributed by atoms with Gasteiger partial charge in [0, 0.05) is 18.6 Å². The van der Waals surface area contributed by atoms with Crippen molar-refractivity contribution in [3.05, 3.63) is 11.4 Å². The SMILES string of the molecule is Cc1nn(C(C)C)c(C)c1NC(=O)N1CC[C@@H](C)CC[C@@H]1C(C)C. The van der Waals surface area contributed by atoms with Gasteiger partial charge >= 0.3 is 6.03 Å². The van der Waals surface area contributed by atoms with Gasteiger partial charge in [0.1, 0.15) is 0 Å². The summed E-state index contributed by atoms with van der Waals surface area (Å²) in [5, 5.41) is 7.73. The number of likely N-dealkylation sites (tertiary alicyclic amines) is 1.